The van der Waals surface area contributed by atoms with Gasteiger partial charge in [0.25, 0.3) is 0 Å². The van der Waals surface area contributed by atoms with Gasteiger partial charge in [-0.3, -0.25) is 0 Å². The molecule has 3 atom stereocenters. The summed E-state index contributed by atoms with van der Waals surface area (Å²) in [7, 11) is 0. The maximum Gasteiger partial charge on any atom is 0.0945 e. The molecule has 2 saturated carbocycles. The molecule has 3 nitrogen and oxygen atoms in total. The minimum atomic E-state index is 0.474. The zero-order valence-electron chi connectivity index (χ0n) is 12.5. The van der Waals surface area contributed by atoms with Gasteiger partial charge in [-0.15, -0.1) is 0 Å². The van der Waals surface area contributed by atoms with Gasteiger partial charge in [0.15, 0.2) is 0 Å². The van der Waals surface area contributed by atoms with Gasteiger partial charge in [-0.05, 0) is 49.0 Å². The number of rotatable bonds is 5. The van der Waals surface area contributed by atoms with Crippen molar-refractivity contribution < 1.29 is 0 Å². The quantitative estimate of drug-likeness (QED) is 0.826. The molecule has 3 rings (SSSR count). The first-order valence-electron chi connectivity index (χ1n) is 7.71. The van der Waals surface area contributed by atoms with Crippen molar-refractivity contribution in [3.63, 3.8) is 0 Å². The number of fused-ring (bicyclic) bond motifs is 2. The van der Waals surface area contributed by atoms with E-state index in [0.29, 0.717) is 16.9 Å². The highest BCUT2D eigenvalue weighted by Crippen LogP contribution is 2.62. The Morgan fingerprint density at radius 2 is 2.21 bits per heavy atom. The molecule has 1 heterocycles. The smallest absolute Gasteiger partial charge is 0.0945 e. The third kappa shape index (κ3) is 2.22. The first-order chi connectivity index (χ1) is 9.02. The van der Waals surface area contributed by atoms with Gasteiger partial charge in [0, 0.05) is 25.0 Å². The summed E-state index contributed by atoms with van der Waals surface area (Å²) in [6.07, 6.45) is 11.3. The van der Waals surface area contributed by atoms with Crippen molar-refractivity contribution in [2.45, 2.75) is 59.0 Å². The molecule has 1 unspecified atom stereocenters. The van der Waals surface area contributed by atoms with Crippen molar-refractivity contribution in [3.05, 3.63) is 18.7 Å². The zero-order valence-corrected chi connectivity index (χ0v) is 12.5. The van der Waals surface area contributed by atoms with Gasteiger partial charge in [0.1, 0.15) is 0 Å². The van der Waals surface area contributed by atoms with E-state index in [9.17, 15) is 0 Å². The van der Waals surface area contributed by atoms with Gasteiger partial charge >= 0.3 is 0 Å². The Labute approximate surface area is 116 Å². The molecule has 2 fully saturated rings. The summed E-state index contributed by atoms with van der Waals surface area (Å²) in [6.45, 7) is 9.62. The Bertz CT molecular complexity index is 418. The summed E-state index contributed by atoms with van der Waals surface area (Å²) in [5, 5.41) is 3.87. The number of hydrogen-bond donors (Lipinski definition) is 1. The van der Waals surface area contributed by atoms with E-state index in [1.807, 2.05) is 18.7 Å². The van der Waals surface area contributed by atoms with E-state index < -0.39 is 0 Å². The fourth-order valence-corrected chi connectivity index (χ4v) is 4.74. The fraction of sp³-hybridized carbons (Fsp3) is 0.812. The number of aryl methyl sites for hydroxylation is 1. The second-order valence-electron chi connectivity index (χ2n) is 7.46. The Balaban J connectivity index is 1.52. The standard InChI is InChI=1S/C16H27N3/c1-15(2)13-5-6-16(3,11-13)14(15)18-7-4-9-19-10-8-17-12-19/h8,10,12-14,18H,4-7,9,11H2,1-3H3/t13-,14?,16+/m0/s1. The van der Waals surface area contributed by atoms with Crippen LogP contribution in [0.3, 0.4) is 0 Å². The highest BCUT2D eigenvalue weighted by atomic mass is 15.0. The third-order valence-electron chi connectivity index (χ3n) is 5.77. The van der Waals surface area contributed by atoms with Crippen molar-refractivity contribution >= 4 is 0 Å². The van der Waals surface area contributed by atoms with Crippen LogP contribution in [-0.2, 0) is 6.54 Å². The largest absolute Gasteiger partial charge is 0.337 e. The lowest BCUT2D eigenvalue weighted by molar-refractivity contribution is 0.109. The Kier molecular flexibility index (Phi) is 3.20. The fourth-order valence-electron chi connectivity index (χ4n) is 4.74. The van der Waals surface area contributed by atoms with Gasteiger partial charge in [-0.2, -0.15) is 0 Å². The number of nitrogens with one attached hydrogen (secondary N) is 1. The maximum atomic E-state index is 4.09. The molecule has 19 heavy (non-hydrogen) atoms. The molecule has 0 radical (unpaired) electrons. The van der Waals surface area contributed by atoms with Crippen LogP contribution in [0.4, 0.5) is 0 Å². The van der Waals surface area contributed by atoms with Crippen LogP contribution >= 0.6 is 0 Å². The van der Waals surface area contributed by atoms with E-state index in [1.165, 1.54) is 25.7 Å². The van der Waals surface area contributed by atoms with Crippen molar-refractivity contribution in [2.75, 3.05) is 6.54 Å². The van der Waals surface area contributed by atoms with Crippen molar-refractivity contribution in [2.24, 2.45) is 16.7 Å². The lowest BCUT2D eigenvalue weighted by atomic mass is 9.68. The van der Waals surface area contributed by atoms with E-state index in [2.05, 4.69) is 35.6 Å². The summed E-state index contributed by atoms with van der Waals surface area (Å²) in [4.78, 5) is 4.09. The molecule has 2 bridgehead atoms. The molecule has 0 aromatic carbocycles. The summed E-state index contributed by atoms with van der Waals surface area (Å²) < 4.78 is 2.16. The summed E-state index contributed by atoms with van der Waals surface area (Å²) in [5.41, 5.74) is 1.02. The molecule has 1 aromatic rings. The monoisotopic (exact) mass is 261 g/mol. The number of imidazole rings is 1. The second-order valence-corrected chi connectivity index (χ2v) is 7.46. The molecule has 0 aliphatic heterocycles. The molecule has 2 aliphatic rings. The normalized spacial score (nSPS) is 35.9. The molecule has 106 valence electrons. The highest BCUT2D eigenvalue weighted by Gasteiger charge is 2.58. The van der Waals surface area contributed by atoms with Crippen molar-refractivity contribution in [3.8, 4) is 0 Å². The Morgan fingerprint density at radius 1 is 1.37 bits per heavy atom. The molecule has 0 saturated heterocycles. The van der Waals surface area contributed by atoms with Crippen LogP contribution in [0.1, 0.15) is 46.5 Å². The first-order valence-corrected chi connectivity index (χ1v) is 7.71. The number of hydrogen-bond acceptors (Lipinski definition) is 2. The lowest BCUT2D eigenvalue weighted by Crippen LogP contribution is -2.50. The van der Waals surface area contributed by atoms with Gasteiger partial charge in [0.2, 0.25) is 0 Å². The summed E-state index contributed by atoms with van der Waals surface area (Å²) in [5.74, 6) is 0.934. The third-order valence-corrected chi connectivity index (χ3v) is 5.77. The van der Waals surface area contributed by atoms with E-state index in [0.717, 1.165) is 19.0 Å². The number of nitrogens with zero attached hydrogens (tertiary/aromatic N) is 2. The first kappa shape index (κ1) is 13.2. The van der Waals surface area contributed by atoms with Crippen molar-refractivity contribution in [1.82, 2.24) is 14.9 Å². The van der Waals surface area contributed by atoms with Crippen LogP contribution in [0.25, 0.3) is 0 Å². The molecule has 0 amide bonds. The van der Waals surface area contributed by atoms with Crippen LogP contribution in [-0.4, -0.2) is 22.1 Å². The average Bonchev–Trinajstić information content (AvgIpc) is 3.01. The summed E-state index contributed by atoms with van der Waals surface area (Å²) >= 11 is 0. The van der Waals surface area contributed by atoms with E-state index in [-0.39, 0.29) is 0 Å². The molecular weight excluding hydrogens is 234 g/mol. The van der Waals surface area contributed by atoms with Gasteiger partial charge in [-0.1, -0.05) is 20.8 Å². The molecule has 2 aliphatic carbocycles. The van der Waals surface area contributed by atoms with Crippen LogP contribution < -0.4 is 5.32 Å². The van der Waals surface area contributed by atoms with E-state index in [4.69, 9.17) is 0 Å². The maximum absolute atomic E-state index is 4.09. The van der Waals surface area contributed by atoms with E-state index >= 15 is 0 Å². The Morgan fingerprint density at radius 3 is 2.84 bits per heavy atom. The van der Waals surface area contributed by atoms with Gasteiger partial charge in [-0.25, -0.2) is 4.98 Å². The van der Waals surface area contributed by atoms with Gasteiger partial charge < -0.3 is 9.88 Å². The van der Waals surface area contributed by atoms with E-state index in [1.54, 1.807) is 0 Å². The van der Waals surface area contributed by atoms with Crippen molar-refractivity contribution in [1.29, 1.82) is 0 Å². The lowest BCUT2D eigenvalue weighted by Gasteiger charge is -2.43. The highest BCUT2D eigenvalue weighted by molar-refractivity contribution is 5.11. The average molecular weight is 261 g/mol. The second kappa shape index (κ2) is 4.62. The summed E-state index contributed by atoms with van der Waals surface area (Å²) in [6, 6.07) is 0.696. The minimum absolute atomic E-state index is 0.474. The number of aromatic nitrogens is 2. The van der Waals surface area contributed by atoms with Crippen LogP contribution in [0.5, 0.6) is 0 Å². The predicted molar refractivity (Wildman–Crippen MR) is 77.9 cm³/mol. The zero-order chi connectivity index (χ0) is 13.5. The molecule has 0 spiro atoms. The SMILES string of the molecule is CC1(C)C(NCCCn2ccnc2)[C@]2(C)CC[C@H]1C2. The topological polar surface area (TPSA) is 29.9 Å². The molecule has 1 aromatic heterocycles. The molecule has 3 heteroatoms. The minimum Gasteiger partial charge on any atom is -0.337 e. The van der Waals surface area contributed by atoms with Crippen LogP contribution in [0.15, 0.2) is 18.7 Å². The predicted octanol–water partition coefficient (Wildman–Crippen LogP) is 3.08. The van der Waals surface area contributed by atoms with Crippen LogP contribution in [0.2, 0.25) is 0 Å². The van der Waals surface area contributed by atoms with Crippen LogP contribution in [0, 0.1) is 16.7 Å². The molecular formula is C16H27N3. The van der Waals surface area contributed by atoms with Gasteiger partial charge in [0.05, 0.1) is 6.33 Å². The Hall–Kier alpha value is -0.830. The molecule has 1 N–H and O–H groups in total.